The van der Waals surface area contributed by atoms with E-state index in [2.05, 4.69) is 10.2 Å². The zero-order valence-electron chi connectivity index (χ0n) is 9.94. The maximum Gasteiger partial charge on any atom is 0.262 e. The van der Waals surface area contributed by atoms with Crippen LogP contribution >= 0.6 is 0 Å². The molecule has 1 aromatic heterocycles. The minimum absolute atomic E-state index is 0.0967. The lowest BCUT2D eigenvalue weighted by Gasteiger charge is -2.25. The highest BCUT2D eigenvalue weighted by molar-refractivity contribution is 7.89. The number of hydrogen-bond acceptors (Lipinski definition) is 4. The number of aromatic amines is 1. The number of rotatable bonds is 3. The standard InChI is InChI=1S/C10H18N4O2S/c1-8-9(7-11)10(13-12-8)17(15,16)14-5-3-2-4-6-14/h2-7,11H2,1H3,(H,12,13). The summed E-state index contributed by atoms with van der Waals surface area (Å²) >= 11 is 0. The smallest absolute Gasteiger partial charge is 0.262 e. The molecule has 96 valence electrons. The molecule has 1 saturated heterocycles. The molecule has 7 heteroatoms. The van der Waals surface area contributed by atoms with Gasteiger partial charge in [-0.15, -0.1) is 0 Å². The van der Waals surface area contributed by atoms with Crippen LogP contribution in [0.5, 0.6) is 0 Å². The average molecular weight is 258 g/mol. The predicted octanol–water partition coefficient (Wildman–Crippen LogP) is 0.351. The second-order valence-electron chi connectivity index (χ2n) is 4.30. The van der Waals surface area contributed by atoms with E-state index in [4.69, 9.17) is 5.73 Å². The fourth-order valence-electron chi connectivity index (χ4n) is 2.11. The Balaban J connectivity index is 2.36. The first-order chi connectivity index (χ1) is 8.07. The van der Waals surface area contributed by atoms with Gasteiger partial charge in [0.05, 0.1) is 0 Å². The fourth-order valence-corrected chi connectivity index (χ4v) is 3.80. The summed E-state index contributed by atoms with van der Waals surface area (Å²) in [7, 11) is -3.47. The van der Waals surface area contributed by atoms with Gasteiger partial charge in [0.15, 0.2) is 5.03 Å². The monoisotopic (exact) mass is 258 g/mol. The third-order valence-electron chi connectivity index (χ3n) is 3.14. The predicted molar refractivity (Wildman–Crippen MR) is 63.8 cm³/mol. The molecule has 0 aromatic carbocycles. The lowest BCUT2D eigenvalue weighted by atomic mass is 10.2. The van der Waals surface area contributed by atoms with Gasteiger partial charge in [0.2, 0.25) is 0 Å². The molecular weight excluding hydrogens is 240 g/mol. The maximum absolute atomic E-state index is 12.4. The zero-order valence-corrected chi connectivity index (χ0v) is 10.8. The van der Waals surface area contributed by atoms with Crippen molar-refractivity contribution in [3.05, 3.63) is 11.3 Å². The quantitative estimate of drug-likeness (QED) is 0.818. The van der Waals surface area contributed by atoms with Crippen LogP contribution in [0.2, 0.25) is 0 Å². The summed E-state index contributed by atoms with van der Waals surface area (Å²) in [6.45, 7) is 3.13. The van der Waals surface area contributed by atoms with Crippen molar-refractivity contribution in [2.24, 2.45) is 5.73 Å². The van der Waals surface area contributed by atoms with Gasteiger partial charge in [-0.2, -0.15) is 9.40 Å². The van der Waals surface area contributed by atoms with Gasteiger partial charge in [0.25, 0.3) is 10.0 Å². The summed E-state index contributed by atoms with van der Waals surface area (Å²) in [5.74, 6) is 0. The van der Waals surface area contributed by atoms with E-state index in [1.54, 1.807) is 6.92 Å². The van der Waals surface area contributed by atoms with Gasteiger partial charge in [0.1, 0.15) is 0 Å². The third kappa shape index (κ3) is 2.22. The molecule has 0 atom stereocenters. The van der Waals surface area contributed by atoms with Gasteiger partial charge >= 0.3 is 0 Å². The molecule has 0 saturated carbocycles. The molecular formula is C10H18N4O2S. The normalized spacial score (nSPS) is 18.5. The van der Waals surface area contributed by atoms with Gasteiger partial charge in [-0.25, -0.2) is 8.42 Å². The average Bonchev–Trinajstić information content (AvgIpc) is 2.72. The van der Waals surface area contributed by atoms with Crippen LogP contribution in [-0.4, -0.2) is 36.0 Å². The number of nitrogens with zero attached hydrogens (tertiary/aromatic N) is 2. The van der Waals surface area contributed by atoms with E-state index in [0.717, 1.165) is 25.0 Å². The number of sulfonamides is 1. The summed E-state index contributed by atoms with van der Waals surface area (Å²) in [5, 5.41) is 6.69. The van der Waals surface area contributed by atoms with Crippen molar-refractivity contribution in [3.8, 4) is 0 Å². The van der Waals surface area contributed by atoms with Gasteiger partial charge < -0.3 is 5.73 Å². The van der Waals surface area contributed by atoms with Crippen LogP contribution in [0, 0.1) is 6.92 Å². The van der Waals surface area contributed by atoms with Crippen LogP contribution in [0.4, 0.5) is 0 Å². The molecule has 1 aliphatic rings. The van der Waals surface area contributed by atoms with E-state index in [1.165, 1.54) is 4.31 Å². The van der Waals surface area contributed by atoms with Crippen molar-refractivity contribution in [1.82, 2.24) is 14.5 Å². The first-order valence-electron chi connectivity index (χ1n) is 5.81. The van der Waals surface area contributed by atoms with Crippen LogP contribution in [0.25, 0.3) is 0 Å². The van der Waals surface area contributed by atoms with Gasteiger partial charge in [-0.3, -0.25) is 5.10 Å². The zero-order chi connectivity index (χ0) is 12.5. The van der Waals surface area contributed by atoms with Crippen LogP contribution < -0.4 is 5.73 Å². The number of hydrogen-bond donors (Lipinski definition) is 2. The van der Waals surface area contributed by atoms with E-state index in [9.17, 15) is 8.42 Å². The molecule has 0 unspecified atom stereocenters. The Morgan fingerprint density at radius 3 is 2.59 bits per heavy atom. The Labute approximate surface area is 101 Å². The van der Waals surface area contributed by atoms with Crippen molar-refractivity contribution in [1.29, 1.82) is 0 Å². The first kappa shape index (κ1) is 12.5. The molecule has 3 N–H and O–H groups in total. The number of aryl methyl sites for hydroxylation is 1. The highest BCUT2D eigenvalue weighted by Gasteiger charge is 2.30. The molecule has 6 nitrogen and oxygen atoms in total. The Morgan fingerprint density at radius 1 is 1.35 bits per heavy atom. The minimum atomic E-state index is -3.47. The Kier molecular flexibility index (Phi) is 3.50. The molecule has 0 amide bonds. The lowest BCUT2D eigenvalue weighted by Crippen LogP contribution is -2.36. The van der Waals surface area contributed by atoms with Gasteiger partial charge in [0, 0.05) is 30.9 Å². The molecule has 17 heavy (non-hydrogen) atoms. The third-order valence-corrected chi connectivity index (χ3v) is 5.01. The van der Waals surface area contributed by atoms with E-state index in [1.807, 2.05) is 0 Å². The molecule has 0 spiro atoms. The summed E-state index contributed by atoms with van der Waals surface area (Å²) in [5.41, 5.74) is 6.90. The van der Waals surface area contributed by atoms with Crippen molar-refractivity contribution < 1.29 is 8.42 Å². The van der Waals surface area contributed by atoms with Crippen LogP contribution in [0.15, 0.2) is 5.03 Å². The number of nitrogens with two attached hydrogens (primary N) is 1. The van der Waals surface area contributed by atoms with Crippen LogP contribution in [0.1, 0.15) is 30.5 Å². The SMILES string of the molecule is Cc1[nH]nc(S(=O)(=O)N2CCCCC2)c1CN. The van der Waals surface area contributed by atoms with Crippen molar-refractivity contribution in [2.75, 3.05) is 13.1 Å². The molecule has 0 radical (unpaired) electrons. The van der Waals surface area contributed by atoms with Crippen LogP contribution in [0.3, 0.4) is 0 Å². The lowest BCUT2D eigenvalue weighted by molar-refractivity contribution is 0.345. The number of piperidine rings is 1. The summed E-state index contributed by atoms with van der Waals surface area (Å²) < 4.78 is 26.2. The number of aromatic nitrogens is 2. The Bertz CT molecular complexity index is 488. The van der Waals surface area contributed by atoms with Crippen molar-refractivity contribution >= 4 is 10.0 Å². The number of nitrogens with one attached hydrogen (secondary N) is 1. The van der Waals surface area contributed by atoms with Gasteiger partial charge in [-0.1, -0.05) is 6.42 Å². The molecule has 1 fully saturated rings. The highest BCUT2D eigenvalue weighted by atomic mass is 32.2. The van der Waals surface area contributed by atoms with Gasteiger partial charge in [-0.05, 0) is 19.8 Å². The van der Waals surface area contributed by atoms with E-state index in [0.29, 0.717) is 18.7 Å². The largest absolute Gasteiger partial charge is 0.326 e. The minimum Gasteiger partial charge on any atom is -0.326 e. The molecule has 2 rings (SSSR count). The second-order valence-corrected chi connectivity index (χ2v) is 6.15. The Hall–Kier alpha value is -0.920. The highest BCUT2D eigenvalue weighted by Crippen LogP contribution is 2.22. The summed E-state index contributed by atoms with van der Waals surface area (Å²) in [6.07, 6.45) is 2.93. The first-order valence-corrected chi connectivity index (χ1v) is 7.25. The van der Waals surface area contributed by atoms with E-state index >= 15 is 0 Å². The van der Waals surface area contributed by atoms with Crippen molar-refractivity contribution in [3.63, 3.8) is 0 Å². The molecule has 1 aliphatic heterocycles. The number of H-pyrrole nitrogens is 1. The molecule has 0 bridgehead atoms. The van der Waals surface area contributed by atoms with E-state index in [-0.39, 0.29) is 11.6 Å². The molecule has 2 heterocycles. The van der Waals surface area contributed by atoms with Crippen molar-refractivity contribution in [2.45, 2.75) is 37.8 Å². The van der Waals surface area contributed by atoms with E-state index < -0.39 is 10.0 Å². The summed E-state index contributed by atoms with van der Waals surface area (Å²) in [4.78, 5) is 0. The maximum atomic E-state index is 12.4. The fraction of sp³-hybridized carbons (Fsp3) is 0.700. The topological polar surface area (TPSA) is 92.1 Å². The summed E-state index contributed by atoms with van der Waals surface area (Å²) in [6, 6.07) is 0. The molecule has 1 aromatic rings. The molecule has 0 aliphatic carbocycles. The second kappa shape index (κ2) is 4.75. The van der Waals surface area contributed by atoms with Crippen LogP contribution in [-0.2, 0) is 16.6 Å². The Morgan fingerprint density at radius 2 is 2.00 bits per heavy atom.